The van der Waals surface area contributed by atoms with E-state index in [1.807, 2.05) is 0 Å². The Hall–Kier alpha value is -3.71. The third-order valence-electron chi connectivity index (χ3n) is 6.47. The van der Waals surface area contributed by atoms with Crippen molar-refractivity contribution in [1.29, 1.82) is 0 Å². The van der Waals surface area contributed by atoms with Gasteiger partial charge in [-0.05, 0) is 18.2 Å². The highest BCUT2D eigenvalue weighted by Gasteiger charge is 2.64. The monoisotopic (exact) mass is 502 g/mol. The largest absolute Gasteiger partial charge is 0.438 e. The van der Waals surface area contributed by atoms with Gasteiger partial charge in [0.25, 0.3) is 5.91 Å². The van der Waals surface area contributed by atoms with E-state index in [4.69, 9.17) is 14.1 Å². The van der Waals surface area contributed by atoms with Crippen molar-refractivity contribution < 1.29 is 32.9 Å². The second-order valence-electron chi connectivity index (χ2n) is 9.06. The van der Waals surface area contributed by atoms with Crippen LogP contribution in [0.1, 0.15) is 18.9 Å². The van der Waals surface area contributed by atoms with Crippen molar-refractivity contribution in [2.75, 3.05) is 49.1 Å². The lowest BCUT2D eigenvalue weighted by molar-refractivity contribution is -0.180. The van der Waals surface area contributed by atoms with E-state index < -0.39 is 17.5 Å². The Morgan fingerprint density at radius 3 is 2.89 bits per heavy atom. The molecule has 3 heterocycles. The van der Waals surface area contributed by atoms with Crippen LogP contribution in [0.3, 0.4) is 0 Å². The molecule has 2 N–H and O–H groups in total. The lowest BCUT2D eigenvalue weighted by atomic mass is 10.2. The number of aromatic nitrogens is 1. The Bertz CT molecular complexity index is 1150. The topological polar surface area (TPSA) is 129 Å². The first-order chi connectivity index (χ1) is 17.3. The van der Waals surface area contributed by atoms with E-state index in [0.29, 0.717) is 37.4 Å². The van der Waals surface area contributed by atoms with Crippen LogP contribution >= 0.6 is 0 Å². The van der Waals surface area contributed by atoms with Crippen LogP contribution in [0.2, 0.25) is 0 Å². The fourth-order valence-electron chi connectivity index (χ4n) is 4.51. The maximum atomic E-state index is 15.1. The van der Waals surface area contributed by atoms with Gasteiger partial charge < -0.3 is 24.8 Å². The predicted molar refractivity (Wildman–Crippen MR) is 123 cm³/mol. The smallest absolute Gasteiger partial charge is 0.415 e. The summed E-state index contributed by atoms with van der Waals surface area (Å²) in [5, 5.41) is 10.7. The highest BCUT2D eigenvalue weighted by atomic mass is 19.1. The van der Waals surface area contributed by atoms with Gasteiger partial charge in [-0.2, -0.15) is 0 Å². The van der Waals surface area contributed by atoms with Crippen molar-refractivity contribution in [3.8, 4) is 0 Å². The highest BCUT2D eigenvalue weighted by molar-refractivity contribution is 5.91. The zero-order valence-corrected chi connectivity index (χ0v) is 19.7. The number of hydrogen-bond acceptors (Lipinski definition) is 9. The molecule has 1 spiro atoms. The van der Waals surface area contributed by atoms with Gasteiger partial charge in [-0.25, -0.2) is 14.2 Å². The number of hydroxylamine groups is 2. The molecule has 3 amide bonds. The summed E-state index contributed by atoms with van der Waals surface area (Å²) in [6.45, 7) is 3.41. The summed E-state index contributed by atoms with van der Waals surface area (Å²) < 4.78 is 25.4. The van der Waals surface area contributed by atoms with Crippen LogP contribution in [0.5, 0.6) is 0 Å². The Balaban J connectivity index is 1.16. The summed E-state index contributed by atoms with van der Waals surface area (Å²) in [6.07, 6.45) is 3.03. The number of hydrogen-bond donors (Lipinski definition) is 2. The molecule has 192 valence electrons. The summed E-state index contributed by atoms with van der Waals surface area (Å²) in [7, 11) is 0. The fraction of sp³-hybridized carbons (Fsp3) is 0.478. The molecule has 2 aromatic rings. The van der Waals surface area contributed by atoms with E-state index >= 15 is 4.39 Å². The first-order valence-electron chi connectivity index (χ1n) is 11.7. The summed E-state index contributed by atoms with van der Waals surface area (Å²) in [4.78, 5) is 45.0. The van der Waals surface area contributed by atoms with Gasteiger partial charge in [0.05, 0.1) is 49.9 Å². The summed E-state index contributed by atoms with van der Waals surface area (Å²) >= 11 is 0. The molecule has 2 atom stereocenters. The van der Waals surface area contributed by atoms with Crippen LogP contribution < -0.4 is 20.4 Å². The molecule has 0 radical (unpaired) electrons. The Morgan fingerprint density at radius 1 is 1.28 bits per heavy atom. The molecule has 5 rings (SSSR count). The van der Waals surface area contributed by atoms with Gasteiger partial charge in [0.2, 0.25) is 5.91 Å². The van der Waals surface area contributed by atoms with Crippen LogP contribution in [-0.4, -0.2) is 79.1 Å². The van der Waals surface area contributed by atoms with Gasteiger partial charge in [-0.15, -0.1) is 0 Å². The standard InChI is InChI=1S/C23H27FN6O6/c1-15(31)27-20-9-23(20)14-29(22(33)36-23)17-2-3-19(18(24)8-17)28-4-5-30(35-7-6-28)21(32)12-25-10-16-11-26-34-13-16/h2-3,8,11,13,20,25H,4-7,9-10,12,14H2,1H3,(H,27,31)/t20-,23?/m0/s1. The molecule has 0 bridgehead atoms. The van der Waals surface area contributed by atoms with Gasteiger partial charge in [0, 0.05) is 38.5 Å². The van der Waals surface area contributed by atoms with Crippen molar-refractivity contribution >= 4 is 29.3 Å². The van der Waals surface area contributed by atoms with Crippen molar-refractivity contribution in [3.63, 3.8) is 0 Å². The van der Waals surface area contributed by atoms with Crippen molar-refractivity contribution in [3.05, 3.63) is 42.0 Å². The molecule has 3 fully saturated rings. The van der Waals surface area contributed by atoms with E-state index in [0.717, 1.165) is 5.56 Å². The number of nitrogens with zero attached hydrogens (tertiary/aromatic N) is 4. The zero-order chi connectivity index (χ0) is 25.3. The second-order valence-corrected chi connectivity index (χ2v) is 9.06. The number of rotatable bonds is 7. The summed E-state index contributed by atoms with van der Waals surface area (Å²) in [6, 6.07) is 4.35. The zero-order valence-electron chi connectivity index (χ0n) is 19.7. The number of carbonyl (C=O) groups is 3. The Kier molecular flexibility index (Phi) is 6.49. The molecule has 1 unspecified atom stereocenters. The van der Waals surface area contributed by atoms with Crippen molar-refractivity contribution in [2.45, 2.75) is 31.5 Å². The van der Waals surface area contributed by atoms with E-state index in [1.54, 1.807) is 23.2 Å². The molecule has 13 heteroatoms. The quantitative estimate of drug-likeness (QED) is 0.564. The van der Waals surface area contributed by atoms with Gasteiger partial charge in [-0.1, -0.05) is 5.16 Å². The molecule has 1 aromatic heterocycles. The lowest BCUT2D eigenvalue weighted by Crippen LogP contribution is -2.39. The summed E-state index contributed by atoms with van der Waals surface area (Å²) in [5.74, 6) is -0.916. The number of anilines is 2. The minimum atomic E-state index is -0.750. The Morgan fingerprint density at radius 2 is 2.14 bits per heavy atom. The normalized spacial score (nSPS) is 23.6. The highest BCUT2D eigenvalue weighted by Crippen LogP contribution is 2.46. The number of nitrogens with one attached hydrogen (secondary N) is 2. The molecule has 2 aliphatic heterocycles. The van der Waals surface area contributed by atoms with E-state index in [1.165, 1.54) is 29.2 Å². The van der Waals surface area contributed by atoms with Crippen molar-refractivity contribution in [2.24, 2.45) is 0 Å². The van der Waals surface area contributed by atoms with Gasteiger partial charge in [0.15, 0.2) is 5.60 Å². The van der Waals surface area contributed by atoms with Gasteiger partial charge >= 0.3 is 6.09 Å². The molecular formula is C23H27FN6O6. The number of amides is 3. The van der Waals surface area contributed by atoms with E-state index in [2.05, 4.69) is 15.8 Å². The van der Waals surface area contributed by atoms with E-state index in [-0.39, 0.29) is 44.1 Å². The third kappa shape index (κ3) is 4.97. The average molecular weight is 503 g/mol. The first-order valence-corrected chi connectivity index (χ1v) is 11.7. The second kappa shape index (κ2) is 9.74. The predicted octanol–water partition coefficient (Wildman–Crippen LogP) is 0.787. The first kappa shape index (κ1) is 24.0. The van der Waals surface area contributed by atoms with Gasteiger partial charge in [-0.3, -0.25) is 19.3 Å². The Labute approximate surface area is 206 Å². The maximum Gasteiger partial charge on any atom is 0.415 e. The van der Waals surface area contributed by atoms with Crippen LogP contribution in [0.15, 0.2) is 35.2 Å². The number of benzene rings is 1. The number of ether oxygens (including phenoxy) is 1. The summed E-state index contributed by atoms with van der Waals surface area (Å²) in [5.41, 5.74) is 0.812. The molecule has 12 nitrogen and oxygen atoms in total. The van der Waals surface area contributed by atoms with Crippen LogP contribution in [-0.2, 0) is 25.7 Å². The SMILES string of the molecule is CC(=O)N[C@H]1CC12CN(c1ccc(N3CCON(C(=O)CNCc4cnoc4)CC3)c(F)c1)C(=O)O2. The average Bonchev–Trinajstić information content (AvgIpc) is 3.12. The van der Waals surface area contributed by atoms with Crippen molar-refractivity contribution in [1.82, 2.24) is 20.9 Å². The van der Waals surface area contributed by atoms with Crippen LogP contribution in [0, 0.1) is 5.82 Å². The molecule has 2 saturated heterocycles. The maximum absolute atomic E-state index is 15.1. The van der Waals surface area contributed by atoms with E-state index in [9.17, 15) is 14.4 Å². The minimum Gasteiger partial charge on any atom is -0.438 e. The fourth-order valence-corrected chi connectivity index (χ4v) is 4.51. The minimum absolute atomic E-state index is 0.0739. The molecular weight excluding hydrogens is 475 g/mol. The molecule has 1 saturated carbocycles. The molecule has 3 aliphatic rings. The number of halogens is 1. The molecule has 36 heavy (non-hydrogen) atoms. The van der Waals surface area contributed by atoms with Gasteiger partial charge in [0.1, 0.15) is 12.1 Å². The van der Waals surface area contributed by atoms with Crippen LogP contribution in [0.4, 0.5) is 20.6 Å². The number of carbonyl (C=O) groups excluding carboxylic acids is 3. The third-order valence-corrected chi connectivity index (χ3v) is 6.47. The lowest BCUT2D eigenvalue weighted by Gasteiger charge is -2.24. The molecule has 1 aromatic carbocycles. The van der Waals surface area contributed by atoms with Crippen LogP contribution in [0.25, 0.3) is 0 Å². The molecule has 1 aliphatic carbocycles.